The first-order valence-electron chi connectivity index (χ1n) is 6.93. The zero-order valence-corrected chi connectivity index (χ0v) is 12.4. The van der Waals surface area contributed by atoms with Gasteiger partial charge in [-0.3, -0.25) is 9.48 Å². The van der Waals surface area contributed by atoms with E-state index in [0.29, 0.717) is 12.2 Å². The van der Waals surface area contributed by atoms with Gasteiger partial charge < -0.3 is 10.4 Å². The Labute approximate surface area is 115 Å². The summed E-state index contributed by atoms with van der Waals surface area (Å²) in [7, 11) is 1.77. The first-order chi connectivity index (χ1) is 9.01. The minimum absolute atomic E-state index is 0.0892. The van der Waals surface area contributed by atoms with Crippen LogP contribution >= 0.6 is 0 Å². The minimum Gasteiger partial charge on any atom is -0.396 e. The quantitative estimate of drug-likeness (QED) is 0.787. The van der Waals surface area contributed by atoms with Crippen molar-refractivity contribution in [1.82, 2.24) is 15.1 Å². The fourth-order valence-electron chi connectivity index (χ4n) is 2.05. The zero-order valence-electron chi connectivity index (χ0n) is 12.4. The van der Waals surface area contributed by atoms with Gasteiger partial charge in [0.25, 0.3) is 5.91 Å². The summed E-state index contributed by atoms with van der Waals surface area (Å²) in [6.45, 7) is 6.65. The van der Waals surface area contributed by atoms with Crippen LogP contribution in [0.3, 0.4) is 0 Å². The van der Waals surface area contributed by atoms with E-state index in [-0.39, 0.29) is 17.9 Å². The van der Waals surface area contributed by atoms with Crippen molar-refractivity contribution >= 4 is 5.91 Å². The molecular formula is C14H25N3O2. The number of nitrogens with one attached hydrogen (secondary N) is 1. The SMILES string of the molecule is CCc1cc(C(=O)NCC(CC)(CC)CO)n(C)n1. The monoisotopic (exact) mass is 267 g/mol. The molecule has 0 aliphatic rings. The predicted molar refractivity (Wildman–Crippen MR) is 75.0 cm³/mol. The van der Waals surface area contributed by atoms with Crippen molar-refractivity contribution in [2.24, 2.45) is 12.5 Å². The number of rotatable bonds is 7. The van der Waals surface area contributed by atoms with Gasteiger partial charge >= 0.3 is 0 Å². The van der Waals surface area contributed by atoms with Gasteiger partial charge in [-0.2, -0.15) is 5.10 Å². The summed E-state index contributed by atoms with van der Waals surface area (Å²) < 4.78 is 1.60. The average molecular weight is 267 g/mol. The molecular weight excluding hydrogens is 242 g/mol. The summed E-state index contributed by atoms with van der Waals surface area (Å²) in [5.74, 6) is -0.130. The third kappa shape index (κ3) is 3.56. The summed E-state index contributed by atoms with van der Waals surface area (Å²) in [6.07, 6.45) is 2.49. The lowest BCUT2D eigenvalue weighted by Gasteiger charge is -2.29. The number of nitrogens with zero attached hydrogens (tertiary/aromatic N) is 2. The second-order valence-corrected chi connectivity index (χ2v) is 5.05. The molecule has 0 aliphatic heterocycles. The van der Waals surface area contributed by atoms with Gasteiger partial charge in [-0.15, -0.1) is 0 Å². The van der Waals surface area contributed by atoms with Gasteiger partial charge in [0.2, 0.25) is 0 Å². The molecule has 0 fully saturated rings. The van der Waals surface area contributed by atoms with Gasteiger partial charge in [0.1, 0.15) is 5.69 Å². The summed E-state index contributed by atoms with van der Waals surface area (Å²) in [5, 5.41) is 16.7. The van der Waals surface area contributed by atoms with Crippen molar-refractivity contribution in [2.45, 2.75) is 40.0 Å². The van der Waals surface area contributed by atoms with Crippen LogP contribution in [0.5, 0.6) is 0 Å². The Morgan fingerprint density at radius 2 is 2.05 bits per heavy atom. The van der Waals surface area contributed by atoms with Crippen LogP contribution in [0.4, 0.5) is 0 Å². The third-order valence-corrected chi connectivity index (χ3v) is 3.98. The van der Waals surface area contributed by atoms with E-state index in [4.69, 9.17) is 0 Å². The molecule has 5 nitrogen and oxygen atoms in total. The minimum atomic E-state index is -0.220. The van der Waals surface area contributed by atoms with Gasteiger partial charge in [0, 0.05) is 19.0 Å². The molecule has 0 saturated heterocycles. The van der Waals surface area contributed by atoms with E-state index in [2.05, 4.69) is 10.4 Å². The fourth-order valence-corrected chi connectivity index (χ4v) is 2.05. The number of carbonyl (C=O) groups is 1. The standard InChI is InChI=1S/C14H25N3O2/c1-5-11-8-12(17(4)16-11)13(19)15-9-14(6-2,7-3)10-18/h8,18H,5-7,9-10H2,1-4H3,(H,15,19). The lowest BCUT2D eigenvalue weighted by atomic mass is 9.83. The Morgan fingerprint density at radius 3 is 2.47 bits per heavy atom. The largest absolute Gasteiger partial charge is 0.396 e. The number of aliphatic hydroxyl groups excluding tert-OH is 1. The number of amides is 1. The lowest BCUT2D eigenvalue weighted by Crippen LogP contribution is -2.39. The molecule has 1 heterocycles. The molecule has 108 valence electrons. The topological polar surface area (TPSA) is 67.2 Å². The number of hydrogen-bond donors (Lipinski definition) is 2. The number of aromatic nitrogens is 2. The van der Waals surface area contributed by atoms with Crippen molar-refractivity contribution in [3.63, 3.8) is 0 Å². The maximum absolute atomic E-state index is 12.1. The Bertz CT molecular complexity index is 414. The molecule has 0 spiro atoms. The van der Waals surface area contributed by atoms with Gasteiger partial charge in [-0.05, 0) is 25.3 Å². The molecule has 0 atom stereocenters. The maximum atomic E-state index is 12.1. The Hall–Kier alpha value is -1.36. The number of aliphatic hydroxyl groups is 1. The van der Waals surface area contributed by atoms with Crippen molar-refractivity contribution in [3.05, 3.63) is 17.5 Å². The highest BCUT2D eigenvalue weighted by Crippen LogP contribution is 2.24. The van der Waals surface area contributed by atoms with Crippen LogP contribution in [0.25, 0.3) is 0 Å². The van der Waals surface area contributed by atoms with E-state index in [1.807, 2.05) is 26.8 Å². The van der Waals surface area contributed by atoms with Gasteiger partial charge in [0.15, 0.2) is 0 Å². The maximum Gasteiger partial charge on any atom is 0.269 e. The van der Waals surface area contributed by atoms with Crippen LogP contribution in [-0.4, -0.2) is 33.9 Å². The van der Waals surface area contributed by atoms with E-state index < -0.39 is 0 Å². The molecule has 0 aromatic carbocycles. The van der Waals surface area contributed by atoms with Crippen molar-refractivity contribution in [3.8, 4) is 0 Å². The second kappa shape index (κ2) is 6.70. The molecule has 0 aliphatic carbocycles. The highest BCUT2D eigenvalue weighted by molar-refractivity contribution is 5.92. The highest BCUT2D eigenvalue weighted by Gasteiger charge is 2.26. The van der Waals surface area contributed by atoms with E-state index in [1.54, 1.807) is 11.7 Å². The second-order valence-electron chi connectivity index (χ2n) is 5.05. The number of carbonyl (C=O) groups excluding carboxylic acids is 1. The highest BCUT2D eigenvalue weighted by atomic mass is 16.3. The van der Waals surface area contributed by atoms with E-state index in [0.717, 1.165) is 25.0 Å². The fraction of sp³-hybridized carbons (Fsp3) is 0.714. The normalized spacial score (nSPS) is 11.6. The lowest BCUT2D eigenvalue weighted by molar-refractivity contribution is 0.0843. The van der Waals surface area contributed by atoms with Gasteiger partial charge in [-0.25, -0.2) is 0 Å². The smallest absolute Gasteiger partial charge is 0.269 e. The number of aryl methyl sites for hydroxylation is 2. The third-order valence-electron chi connectivity index (χ3n) is 3.98. The molecule has 5 heteroatoms. The molecule has 0 saturated carbocycles. The van der Waals surface area contributed by atoms with Crippen LogP contribution in [0.15, 0.2) is 6.07 Å². The molecule has 2 N–H and O–H groups in total. The molecule has 0 radical (unpaired) electrons. The van der Waals surface area contributed by atoms with Crippen LogP contribution in [0.1, 0.15) is 49.8 Å². The molecule has 0 unspecified atom stereocenters. The van der Waals surface area contributed by atoms with E-state index in [9.17, 15) is 9.90 Å². The molecule has 1 rings (SSSR count). The van der Waals surface area contributed by atoms with Crippen LogP contribution < -0.4 is 5.32 Å². The van der Waals surface area contributed by atoms with Crippen LogP contribution in [0.2, 0.25) is 0 Å². The van der Waals surface area contributed by atoms with Crippen LogP contribution in [0, 0.1) is 5.41 Å². The summed E-state index contributed by atoms with van der Waals surface area (Å²) in [5.41, 5.74) is 1.25. The molecule has 1 aromatic heterocycles. The van der Waals surface area contributed by atoms with Crippen molar-refractivity contribution in [2.75, 3.05) is 13.2 Å². The van der Waals surface area contributed by atoms with Crippen molar-refractivity contribution < 1.29 is 9.90 Å². The van der Waals surface area contributed by atoms with E-state index in [1.165, 1.54) is 0 Å². The Balaban J connectivity index is 2.71. The molecule has 19 heavy (non-hydrogen) atoms. The zero-order chi connectivity index (χ0) is 14.5. The average Bonchev–Trinajstić information content (AvgIpc) is 2.82. The van der Waals surface area contributed by atoms with Crippen molar-refractivity contribution in [1.29, 1.82) is 0 Å². The summed E-state index contributed by atoms with van der Waals surface area (Å²) in [6, 6.07) is 1.81. The summed E-state index contributed by atoms with van der Waals surface area (Å²) in [4.78, 5) is 12.1. The number of hydrogen-bond acceptors (Lipinski definition) is 3. The van der Waals surface area contributed by atoms with Gasteiger partial charge in [-0.1, -0.05) is 20.8 Å². The first kappa shape index (κ1) is 15.7. The predicted octanol–water partition coefficient (Wildman–Crippen LogP) is 1.51. The Kier molecular flexibility index (Phi) is 5.54. The summed E-state index contributed by atoms with van der Waals surface area (Å²) >= 11 is 0. The molecule has 0 bridgehead atoms. The van der Waals surface area contributed by atoms with E-state index >= 15 is 0 Å². The molecule has 1 amide bonds. The van der Waals surface area contributed by atoms with Crippen LogP contribution in [-0.2, 0) is 13.5 Å². The van der Waals surface area contributed by atoms with Gasteiger partial charge in [0.05, 0.1) is 12.3 Å². The molecule has 1 aromatic rings. The Morgan fingerprint density at radius 1 is 1.42 bits per heavy atom. The first-order valence-corrected chi connectivity index (χ1v) is 6.93.